The van der Waals surface area contributed by atoms with Gasteiger partial charge in [-0.05, 0) is 44.4 Å². The number of nitrogens with two attached hydrogens (primary N) is 1. The summed E-state index contributed by atoms with van der Waals surface area (Å²) in [5, 5.41) is 2.98. The molecule has 0 saturated carbocycles. The van der Waals surface area contributed by atoms with Crippen molar-refractivity contribution in [3.05, 3.63) is 34.9 Å². The smallest absolute Gasteiger partial charge is 0.251 e. The van der Waals surface area contributed by atoms with E-state index >= 15 is 0 Å². The minimum absolute atomic E-state index is 0.00750. The Morgan fingerprint density at radius 3 is 2.28 bits per heavy atom. The molecule has 100 valence electrons. The summed E-state index contributed by atoms with van der Waals surface area (Å²) in [6, 6.07) is 5.89. The predicted molar refractivity (Wildman–Crippen MR) is 75.7 cm³/mol. The van der Waals surface area contributed by atoms with E-state index in [2.05, 4.69) is 25.2 Å². The van der Waals surface area contributed by atoms with Crippen LogP contribution in [0.3, 0.4) is 0 Å². The quantitative estimate of drug-likeness (QED) is 0.840. The number of rotatable bonds is 5. The lowest BCUT2D eigenvalue weighted by Gasteiger charge is -2.24. The number of nitrogens with one attached hydrogen (secondary N) is 1. The van der Waals surface area contributed by atoms with Crippen LogP contribution in [-0.2, 0) is 0 Å². The molecule has 0 bridgehead atoms. The van der Waals surface area contributed by atoms with Crippen LogP contribution in [0.2, 0.25) is 0 Å². The van der Waals surface area contributed by atoms with Crippen molar-refractivity contribution in [2.45, 2.75) is 34.1 Å². The SMILES string of the molecule is Cc1cc(C)cc(C(=O)NCC(C)(C)CCN)c1. The minimum Gasteiger partial charge on any atom is -0.352 e. The van der Waals surface area contributed by atoms with E-state index in [0.717, 1.165) is 23.1 Å². The van der Waals surface area contributed by atoms with E-state index < -0.39 is 0 Å². The second kappa shape index (κ2) is 6.01. The van der Waals surface area contributed by atoms with E-state index in [4.69, 9.17) is 5.73 Å². The highest BCUT2D eigenvalue weighted by Crippen LogP contribution is 2.18. The summed E-state index contributed by atoms with van der Waals surface area (Å²) in [6.07, 6.45) is 0.903. The van der Waals surface area contributed by atoms with Gasteiger partial charge in [0, 0.05) is 12.1 Å². The van der Waals surface area contributed by atoms with E-state index in [1.54, 1.807) is 0 Å². The topological polar surface area (TPSA) is 55.1 Å². The summed E-state index contributed by atoms with van der Waals surface area (Å²) in [5.41, 5.74) is 8.56. The third-order valence-corrected chi connectivity index (χ3v) is 3.03. The van der Waals surface area contributed by atoms with Crippen molar-refractivity contribution in [1.29, 1.82) is 0 Å². The Kier molecular flexibility index (Phi) is 4.91. The molecule has 3 heteroatoms. The van der Waals surface area contributed by atoms with Crippen molar-refractivity contribution in [2.24, 2.45) is 11.1 Å². The average Bonchev–Trinajstić information content (AvgIpc) is 2.24. The first-order valence-electron chi connectivity index (χ1n) is 6.41. The molecule has 0 aliphatic carbocycles. The lowest BCUT2D eigenvalue weighted by molar-refractivity contribution is 0.0935. The number of hydrogen-bond donors (Lipinski definition) is 2. The molecule has 3 nitrogen and oxygen atoms in total. The van der Waals surface area contributed by atoms with Gasteiger partial charge in [0.25, 0.3) is 5.91 Å². The number of benzene rings is 1. The van der Waals surface area contributed by atoms with Crippen LogP contribution in [0.15, 0.2) is 18.2 Å². The zero-order valence-electron chi connectivity index (χ0n) is 11.8. The third-order valence-electron chi connectivity index (χ3n) is 3.03. The van der Waals surface area contributed by atoms with Gasteiger partial charge < -0.3 is 11.1 Å². The summed E-state index contributed by atoms with van der Waals surface area (Å²) in [4.78, 5) is 12.1. The zero-order valence-corrected chi connectivity index (χ0v) is 11.8. The highest BCUT2D eigenvalue weighted by atomic mass is 16.1. The van der Waals surface area contributed by atoms with E-state index in [0.29, 0.717) is 13.1 Å². The highest BCUT2D eigenvalue weighted by molar-refractivity contribution is 5.94. The molecule has 0 radical (unpaired) electrons. The molecule has 0 heterocycles. The summed E-state index contributed by atoms with van der Waals surface area (Å²) in [6.45, 7) is 9.52. The molecule has 1 aromatic rings. The maximum Gasteiger partial charge on any atom is 0.251 e. The molecule has 18 heavy (non-hydrogen) atoms. The molecule has 0 unspecified atom stereocenters. The van der Waals surface area contributed by atoms with Crippen molar-refractivity contribution in [2.75, 3.05) is 13.1 Å². The number of amides is 1. The van der Waals surface area contributed by atoms with Gasteiger partial charge in [-0.25, -0.2) is 0 Å². The lowest BCUT2D eigenvalue weighted by atomic mass is 9.89. The molecule has 0 atom stereocenters. The van der Waals surface area contributed by atoms with Gasteiger partial charge in [0.1, 0.15) is 0 Å². The van der Waals surface area contributed by atoms with Gasteiger partial charge in [0.2, 0.25) is 0 Å². The first-order chi connectivity index (χ1) is 8.34. The largest absolute Gasteiger partial charge is 0.352 e. The molecule has 1 rings (SSSR count). The van der Waals surface area contributed by atoms with Crippen LogP contribution in [0.5, 0.6) is 0 Å². The van der Waals surface area contributed by atoms with Crippen molar-refractivity contribution in [1.82, 2.24) is 5.32 Å². The van der Waals surface area contributed by atoms with Gasteiger partial charge in [-0.3, -0.25) is 4.79 Å². The third kappa shape index (κ3) is 4.49. The maximum absolute atomic E-state index is 12.1. The zero-order chi connectivity index (χ0) is 13.8. The Balaban J connectivity index is 2.66. The molecule has 0 fully saturated rings. The number of aryl methyl sites for hydroxylation is 2. The van der Waals surface area contributed by atoms with Crippen LogP contribution in [-0.4, -0.2) is 19.0 Å². The Bertz CT molecular complexity index is 404. The van der Waals surface area contributed by atoms with Crippen LogP contribution in [0.25, 0.3) is 0 Å². The molecule has 0 aliphatic heterocycles. The van der Waals surface area contributed by atoms with E-state index in [1.165, 1.54) is 0 Å². The van der Waals surface area contributed by atoms with Crippen LogP contribution >= 0.6 is 0 Å². The monoisotopic (exact) mass is 248 g/mol. The lowest BCUT2D eigenvalue weighted by Crippen LogP contribution is -2.35. The van der Waals surface area contributed by atoms with Crippen LogP contribution in [0.1, 0.15) is 41.8 Å². The van der Waals surface area contributed by atoms with Crippen molar-refractivity contribution < 1.29 is 4.79 Å². The molecule has 0 saturated heterocycles. The highest BCUT2D eigenvalue weighted by Gasteiger charge is 2.18. The van der Waals surface area contributed by atoms with Gasteiger partial charge in [-0.1, -0.05) is 31.0 Å². The van der Waals surface area contributed by atoms with Gasteiger partial charge in [0.15, 0.2) is 0 Å². The van der Waals surface area contributed by atoms with Gasteiger partial charge in [0.05, 0.1) is 0 Å². The Morgan fingerprint density at radius 1 is 1.22 bits per heavy atom. The second-order valence-electron chi connectivity index (χ2n) is 5.76. The normalized spacial score (nSPS) is 11.4. The number of hydrogen-bond acceptors (Lipinski definition) is 2. The van der Waals surface area contributed by atoms with Crippen molar-refractivity contribution in [3.8, 4) is 0 Å². The Labute approximate surface area is 110 Å². The van der Waals surface area contributed by atoms with Crippen LogP contribution < -0.4 is 11.1 Å². The van der Waals surface area contributed by atoms with Gasteiger partial charge in [-0.2, -0.15) is 0 Å². The molecule has 3 N–H and O–H groups in total. The van der Waals surface area contributed by atoms with Crippen molar-refractivity contribution >= 4 is 5.91 Å². The molecule has 0 aromatic heterocycles. The molecule has 1 amide bonds. The maximum atomic E-state index is 12.1. The average molecular weight is 248 g/mol. The predicted octanol–water partition coefficient (Wildman–Crippen LogP) is 2.41. The van der Waals surface area contributed by atoms with Crippen LogP contribution in [0.4, 0.5) is 0 Å². The van der Waals surface area contributed by atoms with Crippen LogP contribution in [0, 0.1) is 19.3 Å². The number of carbonyl (C=O) groups excluding carboxylic acids is 1. The molecule has 0 spiro atoms. The second-order valence-corrected chi connectivity index (χ2v) is 5.76. The standard InChI is InChI=1S/C15H24N2O/c1-11-7-12(2)9-13(8-11)14(18)17-10-15(3,4)5-6-16/h7-9H,5-6,10,16H2,1-4H3,(H,17,18). The fraction of sp³-hybridized carbons (Fsp3) is 0.533. The summed E-state index contributed by atoms with van der Waals surface area (Å²) < 4.78 is 0. The fourth-order valence-corrected chi connectivity index (χ4v) is 2.01. The fourth-order valence-electron chi connectivity index (χ4n) is 2.01. The van der Waals surface area contributed by atoms with E-state index in [-0.39, 0.29) is 11.3 Å². The van der Waals surface area contributed by atoms with Crippen molar-refractivity contribution in [3.63, 3.8) is 0 Å². The first-order valence-corrected chi connectivity index (χ1v) is 6.41. The molecular formula is C15H24N2O. The van der Waals surface area contributed by atoms with Gasteiger partial charge in [-0.15, -0.1) is 0 Å². The minimum atomic E-state index is -0.00750. The Hall–Kier alpha value is -1.35. The first kappa shape index (κ1) is 14.7. The van der Waals surface area contributed by atoms with E-state index in [9.17, 15) is 4.79 Å². The van der Waals surface area contributed by atoms with E-state index in [1.807, 2.05) is 26.0 Å². The summed E-state index contributed by atoms with van der Waals surface area (Å²) in [5.74, 6) is -0.00750. The molecular weight excluding hydrogens is 224 g/mol. The number of carbonyl (C=O) groups is 1. The molecule has 0 aliphatic rings. The Morgan fingerprint density at radius 2 is 1.78 bits per heavy atom. The van der Waals surface area contributed by atoms with Gasteiger partial charge >= 0.3 is 0 Å². The molecule has 1 aromatic carbocycles. The summed E-state index contributed by atoms with van der Waals surface area (Å²) in [7, 11) is 0. The summed E-state index contributed by atoms with van der Waals surface area (Å²) >= 11 is 0.